The summed E-state index contributed by atoms with van der Waals surface area (Å²) in [6.45, 7) is 4.68. The van der Waals surface area contributed by atoms with Gasteiger partial charge in [-0.1, -0.05) is 24.3 Å². The number of carbonyl (C=O) groups excluding carboxylic acids is 3. The zero-order valence-corrected chi connectivity index (χ0v) is 19.1. The van der Waals surface area contributed by atoms with E-state index in [1.165, 1.54) is 31.5 Å². The number of rotatable bonds is 8. The fourth-order valence-corrected chi connectivity index (χ4v) is 4.35. The van der Waals surface area contributed by atoms with Gasteiger partial charge in [0.1, 0.15) is 17.8 Å². The highest BCUT2D eigenvalue weighted by Crippen LogP contribution is 2.30. The first kappa shape index (κ1) is 22.8. The van der Waals surface area contributed by atoms with Crippen molar-refractivity contribution in [2.45, 2.75) is 31.7 Å². The predicted molar refractivity (Wildman–Crippen MR) is 125 cm³/mol. The molecule has 2 heterocycles. The van der Waals surface area contributed by atoms with Crippen molar-refractivity contribution in [2.24, 2.45) is 0 Å². The number of hydrogen-bond donors (Lipinski definition) is 2. The number of amides is 4. The van der Waals surface area contributed by atoms with Crippen molar-refractivity contribution >= 4 is 23.5 Å². The molecular formula is C25H30N4O4. The molecule has 1 unspecified atom stereocenters. The number of imide groups is 1. The van der Waals surface area contributed by atoms with Crippen LogP contribution in [0.3, 0.4) is 0 Å². The summed E-state index contributed by atoms with van der Waals surface area (Å²) >= 11 is 0. The topological polar surface area (TPSA) is 91.0 Å². The van der Waals surface area contributed by atoms with Crippen LogP contribution < -0.4 is 15.4 Å². The fourth-order valence-electron chi connectivity index (χ4n) is 4.35. The molecule has 0 radical (unpaired) electrons. The van der Waals surface area contributed by atoms with Crippen LogP contribution in [0, 0.1) is 0 Å². The number of likely N-dealkylation sites (tertiary alicyclic amines) is 1. The van der Waals surface area contributed by atoms with Crippen molar-refractivity contribution in [1.82, 2.24) is 15.1 Å². The molecule has 2 aliphatic rings. The maximum Gasteiger partial charge on any atom is 0.325 e. The Bertz CT molecular complexity index is 1020. The minimum atomic E-state index is -1.24. The van der Waals surface area contributed by atoms with Gasteiger partial charge in [-0.3, -0.25) is 14.5 Å². The first-order chi connectivity index (χ1) is 15.9. The van der Waals surface area contributed by atoms with Crippen LogP contribution in [0.15, 0.2) is 48.5 Å². The molecule has 2 fully saturated rings. The number of ether oxygens (including phenoxy) is 1. The lowest BCUT2D eigenvalue weighted by atomic mass is 9.92. The fraction of sp³-hybridized carbons (Fsp3) is 0.400. The van der Waals surface area contributed by atoms with Crippen LogP contribution in [-0.4, -0.2) is 60.9 Å². The summed E-state index contributed by atoms with van der Waals surface area (Å²) in [5.74, 6) is -0.246. The SMILES string of the molecule is COc1ccc(C2(C)NC(=O)N(CC(=O)Nc3ccc(CCN4CCCC4)cc3)C2=O)cc1. The van der Waals surface area contributed by atoms with Crippen molar-refractivity contribution in [3.8, 4) is 5.75 Å². The second-order valence-corrected chi connectivity index (χ2v) is 8.72. The van der Waals surface area contributed by atoms with E-state index in [1.807, 2.05) is 24.3 Å². The molecule has 0 aliphatic carbocycles. The summed E-state index contributed by atoms with van der Waals surface area (Å²) in [5, 5.41) is 5.49. The number of nitrogens with zero attached hydrogens (tertiary/aromatic N) is 2. The Kier molecular flexibility index (Phi) is 6.65. The lowest BCUT2D eigenvalue weighted by Crippen LogP contribution is -2.42. The molecule has 8 nitrogen and oxygen atoms in total. The van der Waals surface area contributed by atoms with Gasteiger partial charge < -0.3 is 20.3 Å². The molecule has 1 atom stereocenters. The van der Waals surface area contributed by atoms with Crippen LogP contribution in [0.1, 0.15) is 30.9 Å². The molecular weight excluding hydrogens is 420 g/mol. The van der Waals surface area contributed by atoms with Crippen molar-refractivity contribution in [3.63, 3.8) is 0 Å². The van der Waals surface area contributed by atoms with Crippen LogP contribution in [0.5, 0.6) is 5.75 Å². The first-order valence-corrected chi connectivity index (χ1v) is 11.3. The third-order valence-corrected chi connectivity index (χ3v) is 6.40. The first-order valence-electron chi connectivity index (χ1n) is 11.3. The highest BCUT2D eigenvalue weighted by molar-refractivity contribution is 6.10. The van der Waals surface area contributed by atoms with E-state index in [1.54, 1.807) is 38.3 Å². The molecule has 2 saturated heterocycles. The molecule has 4 amide bonds. The van der Waals surface area contributed by atoms with E-state index in [4.69, 9.17) is 4.74 Å². The number of carbonyl (C=O) groups is 3. The van der Waals surface area contributed by atoms with Gasteiger partial charge in [0, 0.05) is 12.2 Å². The van der Waals surface area contributed by atoms with Crippen molar-refractivity contribution in [1.29, 1.82) is 0 Å². The average molecular weight is 451 g/mol. The Morgan fingerprint density at radius 1 is 1.06 bits per heavy atom. The lowest BCUT2D eigenvalue weighted by molar-refractivity contribution is -0.133. The van der Waals surface area contributed by atoms with Crippen LogP contribution in [0.4, 0.5) is 10.5 Å². The van der Waals surface area contributed by atoms with Gasteiger partial charge in [-0.05, 0) is 74.7 Å². The third-order valence-electron chi connectivity index (χ3n) is 6.40. The number of hydrogen-bond acceptors (Lipinski definition) is 5. The number of benzene rings is 2. The van der Waals surface area contributed by atoms with E-state index in [2.05, 4.69) is 15.5 Å². The molecule has 0 aromatic heterocycles. The number of anilines is 1. The Labute approximate surface area is 193 Å². The Hall–Kier alpha value is -3.39. The zero-order valence-electron chi connectivity index (χ0n) is 19.1. The van der Waals surface area contributed by atoms with Crippen molar-refractivity contribution in [2.75, 3.05) is 38.6 Å². The summed E-state index contributed by atoms with van der Waals surface area (Å²) in [6, 6.07) is 14.0. The van der Waals surface area contributed by atoms with Gasteiger partial charge >= 0.3 is 6.03 Å². The molecule has 8 heteroatoms. The van der Waals surface area contributed by atoms with Crippen LogP contribution >= 0.6 is 0 Å². The minimum Gasteiger partial charge on any atom is -0.497 e. The molecule has 2 aromatic rings. The average Bonchev–Trinajstić information content (AvgIpc) is 3.42. The standard InChI is InChI=1S/C25H30N4O4/c1-25(19-7-11-21(33-2)12-8-19)23(31)29(24(32)27-25)17-22(30)26-20-9-5-18(6-10-20)13-16-28-14-3-4-15-28/h5-12H,3-4,13-17H2,1-2H3,(H,26,30)(H,27,32). The lowest BCUT2D eigenvalue weighted by Gasteiger charge is -2.22. The Morgan fingerprint density at radius 3 is 2.36 bits per heavy atom. The van der Waals surface area contributed by atoms with E-state index >= 15 is 0 Å². The highest BCUT2D eigenvalue weighted by atomic mass is 16.5. The summed E-state index contributed by atoms with van der Waals surface area (Å²) < 4.78 is 5.15. The predicted octanol–water partition coefficient (Wildman–Crippen LogP) is 2.74. The summed E-state index contributed by atoms with van der Waals surface area (Å²) in [4.78, 5) is 41.5. The van der Waals surface area contributed by atoms with Gasteiger partial charge in [-0.2, -0.15) is 0 Å². The maximum absolute atomic E-state index is 13.0. The van der Waals surface area contributed by atoms with Gasteiger partial charge in [-0.15, -0.1) is 0 Å². The second kappa shape index (κ2) is 9.62. The van der Waals surface area contributed by atoms with Gasteiger partial charge in [0.2, 0.25) is 5.91 Å². The molecule has 0 bridgehead atoms. The van der Waals surface area contributed by atoms with Gasteiger partial charge in [-0.25, -0.2) is 4.79 Å². The third kappa shape index (κ3) is 5.01. The highest BCUT2D eigenvalue weighted by Gasteiger charge is 2.49. The monoisotopic (exact) mass is 450 g/mol. The van der Waals surface area contributed by atoms with Crippen LogP contribution in [0.25, 0.3) is 0 Å². The number of urea groups is 1. The van der Waals surface area contributed by atoms with E-state index in [-0.39, 0.29) is 6.54 Å². The second-order valence-electron chi connectivity index (χ2n) is 8.72. The summed E-state index contributed by atoms with van der Waals surface area (Å²) in [6.07, 6.45) is 3.53. The molecule has 0 spiro atoms. The maximum atomic E-state index is 13.0. The summed E-state index contributed by atoms with van der Waals surface area (Å²) in [7, 11) is 1.56. The summed E-state index contributed by atoms with van der Waals surface area (Å²) in [5.41, 5.74) is 1.23. The van der Waals surface area contributed by atoms with Gasteiger partial charge in [0.05, 0.1) is 7.11 Å². The normalized spacial score (nSPS) is 20.7. The molecule has 174 valence electrons. The van der Waals surface area contributed by atoms with E-state index in [0.29, 0.717) is 17.0 Å². The van der Waals surface area contributed by atoms with E-state index in [0.717, 1.165) is 17.9 Å². The smallest absolute Gasteiger partial charge is 0.325 e. The van der Waals surface area contributed by atoms with Gasteiger partial charge in [0.25, 0.3) is 5.91 Å². The van der Waals surface area contributed by atoms with Crippen LogP contribution in [-0.2, 0) is 21.5 Å². The molecule has 2 aliphatic heterocycles. The van der Waals surface area contributed by atoms with E-state index < -0.39 is 23.4 Å². The number of nitrogens with one attached hydrogen (secondary N) is 2. The molecule has 4 rings (SSSR count). The molecule has 2 N–H and O–H groups in total. The Balaban J connectivity index is 1.33. The Morgan fingerprint density at radius 2 is 1.73 bits per heavy atom. The van der Waals surface area contributed by atoms with E-state index in [9.17, 15) is 14.4 Å². The number of methoxy groups -OCH3 is 1. The quantitative estimate of drug-likeness (QED) is 0.604. The molecule has 33 heavy (non-hydrogen) atoms. The zero-order chi connectivity index (χ0) is 23.4. The van der Waals surface area contributed by atoms with Crippen LogP contribution in [0.2, 0.25) is 0 Å². The van der Waals surface area contributed by atoms with Crippen molar-refractivity contribution in [3.05, 3.63) is 59.7 Å². The molecule has 0 saturated carbocycles. The van der Waals surface area contributed by atoms with Gasteiger partial charge in [0.15, 0.2) is 0 Å². The molecule has 2 aromatic carbocycles. The van der Waals surface area contributed by atoms with Crippen molar-refractivity contribution < 1.29 is 19.1 Å². The minimum absolute atomic E-state index is 0.354. The largest absolute Gasteiger partial charge is 0.497 e.